The lowest BCUT2D eigenvalue weighted by Crippen LogP contribution is -2.60. The number of rotatable bonds is 7. The van der Waals surface area contributed by atoms with E-state index in [2.05, 4.69) is 48.5 Å². The van der Waals surface area contributed by atoms with Gasteiger partial charge in [0.05, 0.1) is 24.1 Å². The van der Waals surface area contributed by atoms with Crippen molar-refractivity contribution in [3.63, 3.8) is 0 Å². The van der Waals surface area contributed by atoms with Gasteiger partial charge in [-0.05, 0) is 116 Å². The van der Waals surface area contributed by atoms with Crippen LogP contribution in [0.25, 0.3) is 0 Å². The summed E-state index contributed by atoms with van der Waals surface area (Å²) in [5.74, 6) is -0.00510. The monoisotopic (exact) mass is 800 g/mol. The van der Waals surface area contributed by atoms with Gasteiger partial charge in [0, 0.05) is 37.0 Å². The van der Waals surface area contributed by atoms with Gasteiger partial charge in [-0.1, -0.05) is 48.5 Å². The van der Waals surface area contributed by atoms with Crippen LogP contribution in [0.1, 0.15) is 113 Å². The fourth-order valence-electron chi connectivity index (χ4n) is 14.6. The second-order valence-corrected chi connectivity index (χ2v) is 22.8. The van der Waals surface area contributed by atoms with Crippen molar-refractivity contribution in [2.45, 2.75) is 149 Å². The lowest BCUT2D eigenvalue weighted by Gasteiger charge is -2.63. The molecule has 8 fully saturated rings. The van der Waals surface area contributed by atoms with Crippen LogP contribution in [0.4, 0.5) is 22.8 Å². The number of fused-ring (bicyclic) bond motifs is 4. The molecule has 5 saturated carbocycles. The number of hydrogen-bond acceptors (Lipinski definition) is 8. The molecule has 0 radical (unpaired) electrons. The molecule has 0 aromatic carbocycles. The molecule has 0 unspecified atom stereocenters. The van der Waals surface area contributed by atoms with Gasteiger partial charge in [-0.2, -0.15) is 13.2 Å². The minimum Gasteiger partial charge on any atom is -0.446 e. The van der Waals surface area contributed by atoms with E-state index < -0.39 is 33.3 Å². The smallest absolute Gasteiger partial charge is 0.446 e. The molecular formula is C41H63F3N2O8S. The van der Waals surface area contributed by atoms with Crippen LogP contribution in [0.2, 0.25) is 0 Å². The van der Waals surface area contributed by atoms with Gasteiger partial charge in [-0.15, -0.1) is 0 Å². The number of carbonyl (C=O) groups is 2. The maximum Gasteiger partial charge on any atom is 0.497 e. The van der Waals surface area contributed by atoms with Gasteiger partial charge < -0.3 is 29.1 Å². The van der Waals surface area contributed by atoms with Crippen molar-refractivity contribution in [3.05, 3.63) is 0 Å². The summed E-state index contributed by atoms with van der Waals surface area (Å²) in [7, 11) is -5.18. The van der Waals surface area contributed by atoms with Crippen LogP contribution in [0, 0.1) is 62.6 Å². The van der Waals surface area contributed by atoms with Gasteiger partial charge in [0.1, 0.15) is 12.2 Å². The van der Waals surface area contributed by atoms with Crippen LogP contribution in [0.3, 0.4) is 0 Å². The summed E-state index contributed by atoms with van der Waals surface area (Å²) in [6.45, 7) is 17.6. The number of amides is 2. The molecule has 8 rings (SSSR count). The Balaban J connectivity index is 0.944. The molecule has 312 valence electrons. The summed E-state index contributed by atoms with van der Waals surface area (Å²) in [6, 6.07) is 0. The zero-order valence-electron chi connectivity index (χ0n) is 33.7. The third-order valence-corrected chi connectivity index (χ3v) is 19.2. The van der Waals surface area contributed by atoms with Gasteiger partial charge in [-0.3, -0.25) is 0 Å². The first-order chi connectivity index (χ1) is 25.5. The molecule has 5 aliphatic carbocycles. The summed E-state index contributed by atoms with van der Waals surface area (Å²) >= 11 is 0. The minimum atomic E-state index is -5.26. The Kier molecular flexibility index (Phi) is 9.34. The Bertz CT molecular complexity index is 1670. The third-order valence-electron chi connectivity index (χ3n) is 17.7. The molecule has 1 N–H and O–H groups in total. The molecular weight excluding hydrogens is 738 g/mol. The van der Waals surface area contributed by atoms with Crippen LogP contribution >= 0.6 is 0 Å². The number of hydrogen-bond donors (Lipinski definition) is 1. The summed E-state index contributed by atoms with van der Waals surface area (Å²) in [4.78, 5) is 29.5. The standard InChI is InChI=1S/C41H63F3N2O8S/c1-23(2)31(54-34(48)45-16-8-17-45)26-19-24(3)30-32(52-26)33(47)38(7)28-10-9-27-36(4,5)29(11-13-39(27)22-40(28,39)15-14-37(30,38)6)53-35(49)46-20-25(21-46)12-18-55(50,51)41(42,43)44/h23-33,47H,8-22H2,1-7H3/t24-,26-,27+,28+,29+,30+,31-,32+,33+,37-,38-,39-,40+/m1/s1. The van der Waals surface area contributed by atoms with E-state index in [9.17, 15) is 36.3 Å². The number of halogens is 3. The molecule has 2 amide bonds. The van der Waals surface area contributed by atoms with Crippen molar-refractivity contribution in [2.75, 3.05) is 31.9 Å². The molecule has 0 aromatic rings. The largest absolute Gasteiger partial charge is 0.497 e. The highest BCUT2D eigenvalue weighted by atomic mass is 32.2. The molecule has 10 nitrogen and oxygen atoms in total. The van der Waals surface area contributed by atoms with Crippen LogP contribution in [0.5, 0.6) is 0 Å². The number of ether oxygens (including phenoxy) is 3. The predicted molar refractivity (Wildman–Crippen MR) is 197 cm³/mol. The number of aliphatic hydroxyl groups excluding tert-OH is 1. The number of nitrogens with zero attached hydrogens (tertiary/aromatic N) is 2. The zero-order chi connectivity index (χ0) is 39.9. The van der Waals surface area contributed by atoms with Gasteiger partial charge in [-0.25, -0.2) is 18.0 Å². The second-order valence-electron chi connectivity index (χ2n) is 20.7. The third kappa shape index (κ3) is 5.60. The number of carbonyl (C=O) groups excluding carboxylic acids is 2. The summed E-state index contributed by atoms with van der Waals surface area (Å²) in [5, 5.41) is 12.7. The number of sulfone groups is 1. The molecule has 0 aromatic heterocycles. The topological polar surface area (TPSA) is 123 Å². The predicted octanol–water partition coefficient (Wildman–Crippen LogP) is 7.43. The Morgan fingerprint density at radius 3 is 2.22 bits per heavy atom. The number of alkyl halides is 3. The van der Waals surface area contributed by atoms with Gasteiger partial charge in [0.2, 0.25) is 9.84 Å². The molecule has 8 aliphatic rings. The Labute approximate surface area is 324 Å². The highest BCUT2D eigenvalue weighted by Gasteiger charge is 2.85. The maximum atomic E-state index is 13.3. The lowest BCUT2D eigenvalue weighted by molar-refractivity contribution is -0.186. The molecule has 55 heavy (non-hydrogen) atoms. The van der Waals surface area contributed by atoms with E-state index in [1.165, 1.54) is 4.90 Å². The quantitative estimate of drug-likeness (QED) is 0.282. The van der Waals surface area contributed by atoms with Crippen LogP contribution in [-0.4, -0.2) is 103 Å². The molecule has 3 heterocycles. The van der Waals surface area contributed by atoms with Crippen LogP contribution < -0.4 is 0 Å². The first-order valence-electron chi connectivity index (χ1n) is 21.1. The van der Waals surface area contributed by atoms with Crippen molar-refractivity contribution in [2.24, 2.45) is 62.6 Å². The van der Waals surface area contributed by atoms with Crippen LogP contribution in [-0.2, 0) is 24.0 Å². The van der Waals surface area contributed by atoms with E-state index in [1.54, 1.807) is 4.90 Å². The number of likely N-dealkylation sites (tertiary alicyclic amines) is 2. The van der Waals surface area contributed by atoms with Crippen molar-refractivity contribution in [1.29, 1.82) is 0 Å². The van der Waals surface area contributed by atoms with E-state index in [4.69, 9.17) is 14.2 Å². The summed E-state index contributed by atoms with van der Waals surface area (Å²) in [5.41, 5.74) is -5.77. The average molecular weight is 801 g/mol. The van der Waals surface area contributed by atoms with E-state index in [-0.39, 0.29) is 94.8 Å². The lowest BCUT2D eigenvalue weighted by atomic mass is 9.41. The Hall–Kier alpha value is -1.80. The van der Waals surface area contributed by atoms with Crippen molar-refractivity contribution < 1.29 is 50.5 Å². The average Bonchev–Trinajstić information content (AvgIpc) is 3.67. The highest BCUT2D eigenvalue weighted by Crippen LogP contribution is 2.89. The van der Waals surface area contributed by atoms with Gasteiger partial charge >= 0.3 is 17.7 Å². The second kappa shape index (κ2) is 12.8. The van der Waals surface area contributed by atoms with Crippen molar-refractivity contribution in [3.8, 4) is 0 Å². The minimum absolute atomic E-state index is 0.0780. The molecule has 0 bridgehead atoms. The molecule has 13 atom stereocenters. The summed E-state index contributed by atoms with van der Waals surface area (Å²) < 4.78 is 80.7. The van der Waals surface area contributed by atoms with E-state index in [0.717, 1.165) is 70.9 Å². The summed E-state index contributed by atoms with van der Waals surface area (Å²) in [6.07, 6.45) is 5.97. The zero-order valence-corrected chi connectivity index (χ0v) is 34.5. The van der Waals surface area contributed by atoms with E-state index in [1.807, 2.05) is 0 Å². The normalized spacial score (nSPS) is 45.2. The fraction of sp³-hybridized carbons (Fsp3) is 0.951. The highest BCUT2D eigenvalue weighted by molar-refractivity contribution is 7.92. The SMILES string of the molecule is CC(C)[C@@H](OC(=O)N1CCC1)[C@H]1C[C@@H](C)[C@H]2[C@H](O1)[C@H](O)[C@@]1(C)[C@@H]3CC[C@H]4C(C)(C)[C@@H](OC(=O)N5CC(CCS(=O)(=O)C(F)(F)F)C5)CC[C@@]45C[C@@]35CC[C@]21C. The first-order valence-corrected chi connectivity index (χ1v) is 22.7. The Morgan fingerprint density at radius 1 is 0.945 bits per heavy atom. The van der Waals surface area contributed by atoms with Gasteiger partial charge in [0.25, 0.3) is 0 Å². The van der Waals surface area contributed by atoms with Crippen molar-refractivity contribution >= 4 is 22.0 Å². The molecule has 3 saturated heterocycles. The van der Waals surface area contributed by atoms with E-state index in [0.29, 0.717) is 17.8 Å². The van der Waals surface area contributed by atoms with Crippen molar-refractivity contribution in [1.82, 2.24) is 9.80 Å². The molecule has 2 spiro atoms. The Morgan fingerprint density at radius 2 is 1.60 bits per heavy atom. The number of aliphatic hydroxyl groups is 1. The van der Waals surface area contributed by atoms with Gasteiger partial charge in [0.15, 0.2) is 0 Å². The fourth-order valence-corrected chi connectivity index (χ4v) is 15.5. The molecule has 3 aliphatic heterocycles. The van der Waals surface area contributed by atoms with Crippen LogP contribution in [0.15, 0.2) is 0 Å². The van der Waals surface area contributed by atoms with E-state index >= 15 is 0 Å². The maximum absolute atomic E-state index is 13.3. The molecule has 14 heteroatoms. The first kappa shape index (κ1) is 40.0.